The first-order chi connectivity index (χ1) is 15.1. The van der Waals surface area contributed by atoms with E-state index in [0.29, 0.717) is 10.8 Å². The molecule has 10 heteroatoms. The van der Waals surface area contributed by atoms with Gasteiger partial charge in [-0.15, -0.1) is 0 Å². The van der Waals surface area contributed by atoms with Crippen molar-refractivity contribution in [3.05, 3.63) is 72.1 Å². The van der Waals surface area contributed by atoms with Crippen molar-refractivity contribution in [2.75, 3.05) is 7.11 Å². The zero-order valence-corrected chi connectivity index (χ0v) is 17.6. The van der Waals surface area contributed by atoms with Gasteiger partial charge >= 0.3 is 12.1 Å². The van der Waals surface area contributed by atoms with Gasteiger partial charge in [0.1, 0.15) is 5.69 Å². The highest BCUT2D eigenvalue weighted by Crippen LogP contribution is 2.33. The van der Waals surface area contributed by atoms with Gasteiger partial charge in [0.15, 0.2) is 0 Å². The van der Waals surface area contributed by atoms with Gasteiger partial charge < -0.3 is 4.74 Å². The van der Waals surface area contributed by atoms with E-state index < -0.39 is 27.9 Å². The van der Waals surface area contributed by atoms with E-state index in [-0.39, 0.29) is 34.5 Å². The average Bonchev–Trinajstić information content (AvgIpc) is 3.14. The Morgan fingerprint density at radius 1 is 1.06 bits per heavy atom. The molecule has 0 aliphatic carbocycles. The monoisotopic (exact) mass is 462 g/mol. The van der Waals surface area contributed by atoms with Gasteiger partial charge in [0.25, 0.3) is 10.0 Å². The molecule has 0 spiro atoms. The molecule has 6 nitrogen and oxygen atoms in total. The van der Waals surface area contributed by atoms with Crippen molar-refractivity contribution >= 4 is 37.8 Å². The van der Waals surface area contributed by atoms with Crippen molar-refractivity contribution in [3.63, 3.8) is 0 Å². The lowest BCUT2D eigenvalue weighted by Gasteiger charge is -2.14. The SMILES string of the molecule is COC(=O)CCc1cc2nc(C(F)(F)F)ccc2n1S(=O)(=O)c1cccc2ccccc12. The molecule has 0 aliphatic heterocycles. The maximum Gasteiger partial charge on any atom is 0.433 e. The molecule has 0 aliphatic rings. The molecule has 0 bridgehead atoms. The van der Waals surface area contributed by atoms with Gasteiger partial charge in [0.2, 0.25) is 0 Å². The van der Waals surface area contributed by atoms with Gasteiger partial charge in [-0.05, 0) is 36.1 Å². The first kappa shape index (κ1) is 21.8. The first-order valence-electron chi connectivity index (χ1n) is 9.51. The topological polar surface area (TPSA) is 78.3 Å². The third-order valence-electron chi connectivity index (χ3n) is 5.06. The van der Waals surface area contributed by atoms with Crippen LogP contribution in [-0.2, 0) is 32.2 Å². The molecule has 2 aromatic carbocycles. The summed E-state index contributed by atoms with van der Waals surface area (Å²) in [5, 5.41) is 1.16. The second kappa shape index (κ2) is 7.94. The molecule has 0 fully saturated rings. The van der Waals surface area contributed by atoms with Crippen LogP contribution < -0.4 is 0 Å². The molecule has 32 heavy (non-hydrogen) atoms. The molecule has 0 saturated carbocycles. The molecule has 2 heterocycles. The summed E-state index contributed by atoms with van der Waals surface area (Å²) < 4.78 is 72.5. The van der Waals surface area contributed by atoms with Crippen molar-refractivity contribution in [3.8, 4) is 0 Å². The Balaban J connectivity index is 1.97. The summed E-state index contributed by atoms with van der Waals surface area (Å²) in [7, 11) is -3.04. The summed E-state index contributed by atoms with van der Waals surface area (Å²) in [6.45, 7) is 0. The quantitative estimate of drug-likeness (QED) is 0.407. The van der Waals surface area contributed by atoms with E-state index in [2.05, 4.69) is 9.72 Å². The number of esters is 1. The zero-order valence-electron chi connectivity index (χ0n) is 16.8. The molecular weight excluding hydrogens is 445 g/mol. The number of hydrogen-bond acceptors (Lipinski definition) is 5. The maximum absolute atomic E-state index is 13.7. The normalized spacial score (nSPS) is 12.4. The Bertz CT molecular complexity index is 1440. The number of carbonyl (C=O) groups excluding carboxylic acids is 1. The second-order valence-corrected chi connectivity index (χ2v) is 8.81. The van der Waals surface area contributed by atoms with Gasteiger partial charge in [-0.3, -0.25) is 4.79 Å². The van der Waals surface area contributed by atoms with Crippen LogP contribution >= 0.6 is 0 Å². The van der Waals surface area contributed by atoms with Crippen molar-refractivity contribution < 1.29 is 31.1 Å². The van der Waals surface area contributed by atoms with Gasteiger partial charge in [0.05, 0.1) is 29.5 Å². The van der Waals surface area contributed by atoms with E-state index in [1.165, 1.54) is 19.2 Å². The van der Waals surface area contributed by atoms with Gasteiger partial charge in [-0.2, -0.15) is 13.2 Å². The van der Waals surface area contributed by atoms with E-state index in [9.17, 15) is 26.4 Å². The number of carbonyl (C=O) groups is 1. The molecule has 166 valence electrons. The molecule has 2 aromatic heterocycles. The molecule has 0 atom stereocenters. The third kappa shape index (κ3) is 3.81. The van der Waals surface area contributed by atoms with Crippen LogP contribution in [0.1, 0.15) is 17.8 Å². The van der Waals surface area contributed by atoms with Crippen LogP contribution in [0.15, 0.2) is 65.6 Å². The maximum atomic E-state index is 13.7. The third-order valence-corrected chi connectivity index (χ3v) is 6.88. The fraction of sp³-hybridized carbons (Fsp3) is 0.182. The number of rotatable bonds is 5. The number of aryl methyl sites for hydroxylation is 1. The lowest BCUT2D eigenvalue weighted by molar-refractivity contribution is -0.141. The molecule has 0 unspecified atom stereocenters. The van der Waals surface area contributed by atoms with Crippen LogP contribution in [0.5, 0.6) is 0 Å². The van der Waals surface area contributed by atoms with Crippen LogP contribution in [0.25, 0.3) is 21.8 Å². The van der Waals surface area contributed by atoms with E-state index in [1.54, 1.807) is 36.4 Å². The second-order valence-electron chi connectivity index (χ2n) is 7.06. The average molecular weight is 462 g/mol. The van der Waals surface area contributed by atoms with Gasteiger partial charge in [-0.25, -0.2) is 17.4 Å². The fourth-order valence-corrected chi connectivity index (χ4v) is 5.36. The number of hydrogen-bond donors (Lipinski definition) is 0. The highest BCUT2D eigenvalue weighted by molar-refractivity contribution is 7.90. The lowest BCUT2D eigenvalue weighted by atomic mass is 10.1. The number of nitrogens with zero attached hydrogens (tertiary/aromatic N) is 2. The largest absolute Gasteiger partial charge is 0.469 e. The van der Waals surface area contributed by atoms with Crippen LogP contribution in [0.4, 0.5) is 13.2 Å². The molecule has 4 rings (SSSR count). The molecule has 0 amide bonds. The van der Waals surface area contributed by atoms with Gasteiger partial charge in [0, 0.05) is 11.1 Å². The van der Waals surface area contributed by atoms with E-state index in [4.69, 9.17) is 0 Å². The highest BCUT2D eigenvalue weighted by atomic mass is 32.2. The predicted octanol–water partition coefficient (Wildman–Crippen LogP) is 4.55. The summed E-state index contributed by atoms with van der Waals surface area (Å²) in [4.78, 5) is 15.3. The summed E-state index contributed by atoms with van der Waals surface area (Å²) in [6.07, 6.45) is -4.89. The number of aromatic nitrogens is 2. The highest BCUT2D eigenvalue weighted by Gasteiger charge is 2.34. The van der Waals surface area contributed by atoms with Crippen LogP contribution in [0, 0.1) is 0 Å². The molecule has 0 N–H and O–H groups in total. The van der Waals surface area contributed by atoms with Crippen molar-refractivity contribution in [1.82, 2.24) is 8.96 Å². The number of ether oxygens (including phenoxy) is 1. The van der Waals surface area contributed by atoms with Crippen molar-refractivity contribution in [2.45, 2.75) is 23.9 Å². The van der Waals surface area contributed by atoms with Gasteiger partial charge in [-0.1, -0.05) is 36.4 Å². The molecular formula is C22H17F3N2O4S. The number of halogens is 3. The molecule has 0 radical (unpaired) electrons. The Morgan fingerprint density at radius 2 is 1.78 bits per heavy atom. The summed E-state index contributed by atoms with van der Waals surface area (Å²) >= 11 is 0. The Labute approximate surface area is 181 Å². The minimum atomic E-state index is -4.68. The van der Waals surface area contributed by atoms with Crippen molar-refractivity contribution in [1.29, 1.82) is 0 Å². The van der Waals surface area contributed by atoms with E-state index in [0.717, 1.165) is 16.1 Å². The summed E-state index contributed by atoms with van der Waals surface area (Å²) in [5.41, 5.74) is -1.15. The first-order valence-corrected chi connectivity index (χ1v) is 11.0. The van der Waals surface area contributed by atoms with E-state index in [1.807, 2.05) is 0 Å². The Kier molecular flexibility index (Phi) is 5.41. The molecule has 0 saturated heterocycles. The molecule has 4 aromatic rings. The van der Waals surface area contributed by atoms with Crippen molar-refractivity contribution in [2.24, 2.45) is 0 Å². The fourth-order valence-electron chi connectivity index (χ4n) is 3.58. The standard InChI is InChI=1S/C22H17F3N2O4S/c1-31-21(28)12-9-15-13-17-18(10-11-20(26-17)22(23,24)25)27(15)32(29,30)19-8-4-6-14-5-2-3-7-16(14)19/h2-8,10-11,13H,9,12H2,1H3. The number of fused-ring (bicyclic) bond motifs is 2. The number of alkyl halides is 3. The zero-order chi connectivity index (χ0) is 23.1. The lowest BCUT2D eigenvalue weighted by Crippen LogP contribution is -2.17. The smallest absolute Gasteiger partial charge is 0.433 e. The minimum absolute atomic E-state index is 0.00711. The summed E-state index contributed by atoms with van der Waals surface area (Å²) in [6, 6.07) is 14.8. The number of pyridine rings is 1. The van der Waals surface area contributed by atoms with E-state index >= 15 is 0 Å². The van der Waals surface area contributed by atoms with Crippen LogP contribution in [-0.4, -0.2) is 30.5 Å². The Hall–Kier alpha value is -3.40. The number of benzene rings is 2. The minimum Gasteiger partial charge on any atom is -0.469 e. The number of methoxy groups -OCH3 is 1. The van der Waals surface area contributed by atoms with Crippen LogP contribution in [0.2, 0.25) is 0 Å². The Morgan fingerprint density at radius 3 is 2.50 bits per heavy atom. The van der Waals surface area contributed by atoms with Crippen LogP contribution in [0.3, 0.4) is 0 Å². The predicted molar refractivity (Wildman–Crippen MR) is 112 cm³/mol. The summed E-state index contributed by atoms with van der Waals surface area (Å²) in [5.74, 6) is -0.576.